The summed E-state index contributed by atoms with van der Waals surface area (Å²) in [5, 5.41) is 41.0. The van der Waals surface area contributed by atoms with Gasteiger partial charge in [-0.15, -0.1) is 11.3 Å². The molecule has 0 radical (unpaired) electrons. The Labute approximate surface area is 169 Å². The van der Waals surface area contributed by atoms with Crippen molar-refractivity contribution in [2.24, 2.45) is 16.7 Å². The second kappa shape index (κ2) is 6.31. The van der Waals surface area contributed by atoms with E-state index in [1.54, 1.807) is 0 Å². The van der Waals surface area contributed by atoms with Crippen molar-refractivity contribution >= 4 is 33.2 Å². The standard InChI is InChI=1S/C19H17BrN4O2S/c20-12-7-13(27-8-12)15-17(9-21,10-22)18(11-23)14-5-3-1-2-4-6-19(14,25-15)26-16(18)24/h7-8,14-15,24H,1-6H2. The molecule has 0 aromatic carbocycles. The van der Waals surface area contributed by atoms with E-state index < -0.39 is 28.6 Å². The number of nitriles is 3. The highest BCUT2D eigenvalue weighted by Gasteiger charge is 2.80. The van der Waals surface area contributed by atoms with Gasteiger partial charge >= 0.3 is 0 Å². The molecule has 0 spiro atoms. The quantitative estimate of drug-likeness (QED) is 0.667. The number of ether oxygens (including phenoxy) is 2. The topological polar surface area (TPSA) is 114 Å². The third kappa shape index (κ3) is 2.20. The fourth-order valence-electron chi connectivity index (χ4n) is 4.93. The first-order valence-corrected chi connectivity index (χ1v) is 10.6. The SMILES string of the molecule is N#CC1(C#N)C(c2cc(Br)cs2)OC23CCCCCCC2C1(C#N)C(=N)O3. The second-order valence-electron chi connectivity index (χ2n) is 7.37. The lowest BCUT2D eigenvalue weighted by Crippen LogP contribution is -2.59. The summed E-state index contributed by atoms with van der Waals surface area (Å²) in [7, 11) is 0. The Morgan fingerprint density at radius 2 is 1.89 bits per heavy atom. The second-order valence-corrected chi connectivity index (χ2v) is 9.22. The van der Waals surface area contributed by atoms with Crippen molar-refractivity contribution in [2.45, 2.75) is 50.4 Å². The number of hydrogen-bond donors (Lipinski definition) is 1. The summed E-state index contributed by atoms with van der Waals surface area (Å²) in [6.07, 6.45) is 3.99. The Kier molecular flexibility index (Phi) is 4.31. The third-order valence-electron chi connectivity index (χ3n) is 6.16. The van der Waals surface area contributed by atoms with Gasteiger partial charge in [-0.25, -0.2) is 0 Å². The van der Waals surface area contributed by atoms with E-state index in [0.29, 0.717) is 17.7 Å². The number of halogens is 1. The maximum atomic E-state index is 10.3. The zero-order chi connectivity index (χ0) is 19.3. The minimum absolute atomic E-state index is 0.293. The number of hydrogen-bond acceptors (Lipinski definition) is 7. The van der Waals surface area contributed by atoms with Crippen molar-refractivity contribution < 1.29 is 9.47 Å². The summed E-state index contributed by atoms with van der Waals surface area (Å²) in [5.41, 5.74) is -3.47. The summed E-state index contributed by atoms with van der Waals surface area (Å²) in [6, 6.07) is 8.24. The van der Waals surface area contributed by atoms with Crippen LogP contribution in [0.3, 0.4) is 0 Å². The summed E-state index contributed by atoms with van der Waals surface area (Å²) < 4.78 is 13.2. The Hall–Kier alpha value is -1.92. The zero-order valence-electron chi connectivity index (χ0n) is 14.5. The van der Waals surface area contributed by atoms with E-state index in [9.17, 15) is 15.8 Å². The minimum atomic E-state index is -1.84. The van der Waals surface area contributed by atoms with Gasteiger partial charge in [-0.05, 0) is 34.8 Å². The first-order valence-electron chi connectivity index (χ1n) is 8.93. The van der Waals surface area contributed by atoms with Crippen LogP contribution in [-0.2, 0) is 9.47 Å². The number of thiophene rings is 1. The van der Waals surface area contributed by atoms with Gasteiger partial charge in [-0.1, -0.05) is 19.3 Å². The molecule has 2 aliphatic heterocycles. The molecule has 1 aromatic rings. The molecule has 0 amide bonds. The molecule has 27 heavy (non-hydrogen) atoms. The van der Waals surface area contributed by atoms with Crippen LogP contribution in [0.1, 0.15) is 49.5 Å². The van der Waals surface area contributed by atoms with Crippen LogP contribution in [0.4, 0.5) is 0 Å². The maximum absolute atomic E-state index is 10.3. The van der Waals surface area contributed by atoms with Crippen molar-refractivity contribution in [1.82, 2.24) is 0 Å². The van der Waals surface area contributed by atoms with Crippen LogP contribution in [0.5, 0.6) is 0 Å². The summed E-state index contributed by atoms with van der Waals surface area (Å²) in [5.74, 6) is -1.91. The number of nitrogens with zero attached hydrogens (tertiary/aromatic N) is 3. The van der Waals surface area contributed by atoms with Crippen molar-refractivity contribution in [1.29, 1.82) is 21.2 Å². The molecule has 2 bridgehead atoms. The van der Waals surface area contributed by atoms with E-state index in [2.05, 4.69) is 34.1 Å². The molecule has 4 atom stereocenters. The fraction of sp³-hybridized carbons (Fsp3) is 0.579. The molecular weight excluding hydrogens is 428 g/mol. The lowest BCUT2D eigenvalue weighted by Gasteiger charge is -2.50. The summed E-state index contributed by atoms with van der Waals surface area (Å²) >= 11 is 4.78. The molecule has 1 N–H and O–H groups in total. The molecule has 138 valence electrons. The molecule has 8 heteroatoms. The van der Waals surface area contributed by atoms with Gasteiger partial charge in [0.05, 0.1) is 24.1 Å². The monoisotopic (exact) mass is 444 g/mol. The van der Waals surface area contributed by atoms with E-state index in [1.165, 1.54) is 11.3 Å². The molecular formula is C19H17BrN4O2S. The molecule has 4 rings (SSSR count). The molecule has 6 nitrogen and oxygen atoms in total. The molecule has 1 aromatic heterocycles. The molecule has 3 aliphatic rings. The van der Waals surface area contributed by atoms with Gasteiger partial charge in [0.1, 0.15) is 6.10 Å². The first-order chi connectivity index (χ1) is 13.0. The van der Waals surface area contributed by atoms with Gasteiger partial charge in [-0.3, -0.25) is 5.41 Å². The van der Waals surface area contributed by atoms with Crippen LogP contribution < -0.4 is 0 Å². The Morgan fingerprint density at radius 1 is 1.15 bits per heavy atom. The van der Waals surface area contributed by atoms with E-state index in [-0.39, 0.29) is 5.90 Å². The average molecular weight is 445 g/mol. The third-order valence-corrected chi connectivity index (χ3v) is 7.90. The number of rotatable bonds is 1. The highest BCUT2D eigenvalue weighted by atomic mass is 79.9. The van der Waals surface area contributed by atoms with Gasteiger partial charge in [0.2, 0.25) is 17.1 Å². The van der Waals surface area contributed by atoms with Gasteiger partial charge in [0.25, 0.3) is 0 Å². The van der Waals surface area contributed by atoms with Crippen LogP contribution in [0.25, 0.3) is 0 Å². The molecule has 1 saturated carbocycles. The summed E-state index contributed by atoms with van der Waals surface area (Å²) in [4.78, 5) is 0.683. The summed E-state index contributed by atoms with van der Waals surface area (Å²) in [6.45, 7) is 0. The highest BCUT2D eigenvalue weighted by molar-refractivity contribution is 9.10. The molecule has 4 unspecified atom stereocenters. The maximum Gasteiger partial charge on any atom is 0.217 e. The van der Waals surface area contributed by atoms with E-state index in [0.717, 1.165) is 30.2 Å². The van der Waals surface area contributed by atoms with E-state index in [1.807, 2.05) is 11.4 Å². The van der Waals surface area contributed by atoms with Gasteiger partial charge < -0.3 is 9.47 Å². The molecule has 3 fully saturated rings. The van der Waals surface area contributed by atoms with Crippen LogP contribution >= 0.6 is 27.3 Å². The smallest absolute Gasteiger partial charge is 0.217 e. The molecule has 1 aliphatic carbocycles. The van der Waals surface area contributed by atoms with E-state index >= 15 is 0 Å². The lowest BCUT2D eigenvalue weighted by molar-refractivity contribution is -0.288. The number of nitrogens with one attached hydrogen (secondary N) is 1. The van der Waals surface area contributed by atoms with Crippen LogP contribution in [-0.4, -0.2) is 11.7 Å². The van der Waals surface area contributed by atoms with Crippen LogP contribution in [0.2, 0.25) is 0 Å². The van der Waals surface area contributed by atoms with Gasteiger partial charge in [-0.2, -0.15) is 15.8 Å². The minimum Gasteiger partial charge on any atom is -0.447 e. The molecule has 3 heterocycles. The van der Waals surface area contributed by atoms with Crippen molar-refractivity contribution in [3.8, 4) is 18.2 Å². The Morgan fingerprint density at radius 3 is 2.52 bits per heavy atom. The predicted molar refractivity (Wildman–Crippen MR) is 100 cm³/mol. The predicted octanol–water partition coefficient (Wildman–Crippen LogP) is 4.80. The fourth-order valence-corrected chi connectivity index (χ4v) is 6.47. The average Bonchev–Trinajstić information content (AvgIpc) is 3.14. The van der Waals surface area contributed by atoms with Crippen LogP contribution in [0.15, 0.2) is 15.9 Å². The van der Waals surface area contributed by atoms with Gasteiger partial charge in [0.15, 0.2) is 5.41 Å². The normalized spacial score (nSPS) is 36.9. The molecule has 2 saturated heterocycles. The van der Waals surface area contributed by atoms with Crippen molar-refractivity contribution in [3.05, 3.63) is 20.8 Å². The Bertz CT molecular complexity index is 911. The first kappa shape index (κ1) is 18.4. The van der Waals surface area contributed by atoms with Crippen molar-refractivity contribution in [3.63, 3.8) is 0 Å². The van der Waals surface area contributed by atoms with Crippen LogP contribution in [0, 0.1) is 56.2 Å². The van der Waals surface area contributed by atoms with Gasteiger partial charge in [0, 0.05) is 21.2 Å². The van der Waals surface area contributed by atoms with Crippen molar-refractivity contribution in [2.75, 3.05) is 0 Å². The largest absolute Gasteiger partial charge is 0.447 e. The lowest BCUT2D eigenvalue weighted by atomic mass is 9.52. The Balaban J connectivity index is 1.98. The zero-order valence-corrected chi connectivity index (χ0v) is 16.9. The van der Waals surface area contributed by atoms with E-state index in [4.69, 9.17) is 14.9 Å². The highest BCUT2D eigenvalue weighted by Crippen LogP contribution is 2.69.